The second kappa shape index (κ2) is 6.50. The van der Waals surface area contributed by atoms with Crippen LogP contribution in [-0.2, 0) is 4.79 Å². The van der Waals surface area contributed by atoms with E-state index in [0.717, 1.165) is 6.07 Å². The van der Waals surface area contributed by atoms with Gasteiger partial charge in [-0.3, -0.25) is 9.59 Å². The number of hydrogen-bond donors (Lipinski definition) is 2. The number of carbonyl (C=O) groups excluding carboxylic acids is 1. The third kappa shape index (κ3) is 3.46. The molecule has 2 rings (SSSR count). The monoisotopic (exact) mass is 299 g/mol. The average Bonchev–Trinajstić information content (AvgIpc) is 2.56. The fourth-order valence-corrected chi connectivity index (χ4v) is 1.75. The lowest BCUT2D eigenvalue weighted by atomic mass is 10.0. The number of nitrogens with zero attached hydrogens (tertiary/aromatic N) is 2. The topological polar surface area (TPSA) is 111 Å². The molecule has 22 heavy (non-hydrogen) atoms. The van der Waals surface area contributed by atoms with Gasteiger partial charge in [0, 0.05) is 18.2 Å². The predicted octanol–water partition coefficient (Wildman–Crippen LogP) is 2.37. The van der Waals surface area contributed by atoms with Gasteiger partial charge >= 0.3 is 5.97 Å². The lowest BCUT2D eigenvalue weighted by molar-refractivity contribution is -0.136. The average molecular weight is 299 g/mol. The van der Waals surface area contributed by atoms with Crippen LogP contribution >= 0.6 is 0 Å². The summed E-state index contributed by atoms with van der Waals surface area (Å²) in [5.74, 6) is -2.28. The molecule has 1 aromatic carbocycles. The Kier molecular flexibility index (Phi) is 3.39. The number of ketones is 1. The van der Waals surface area contributed by atoms with Gasteiger partial charge in [0.2, 0.25) is 0 Å². The first-order valence-corrected chi connectivity index (χ1v) is 6.21. The zero-order valence-corrected chi connectivity index (χ0v) is 11.3. The summed E-state index contributed by atoms with van der Waals surface area (Å²) in [6.45, 7) is 0. The van der Waals surface area contributed by atoms with Crippen molar-refractivity contribution >= 4 is 11.8 Å². The van der Waals surface area contributed by atoms with Gasteiger partial charge in [-0.25, -0.2) is 4.98 Å². The Morgan fingerprint density at radius 3 is 2.77 bits per heavy atom. The summed E-state index contributed by atoms with van der Waals surface area (Å²) in [6, 6.07) is 3.14. The number of Topliss-reactive ketones (excluding diaryl/α,β-unsaturated/α-hetero) is 1. The highest BCUT2D eigenvalue weighted by molar-refractivity contribution is 5.98. The molecule has 0 aliphatic carbocycles. The molecule has 0 aliphatic rings. The SMILES string of the molecule is [2H]c1cc(-c2cnc(C(=O)CCC(=O)O)c(O)c2)c([2H])c(C#N)c1[2H]. The van der Waals surface area contributed by atoms with Crippen molar-refractivity contribution in [1.82, 2.24) is 4.98 Å². The number of aromatic hydroxyl groups is 1. The second-order valence-corrected chi connectivity index (χ2v) is 4.35. The van der Waals surface area contributed by atoms with Gasteiger partial charge in [0.05, 0.1) is 22.2 Å². The first-order valence-electron chi connectivity index (χ1n) is 7.71. The Balaban J connectivity index is 2.45. The minimum absolute atomic E-state index is 0.116. The van der Waals surface area contributed by atoms with Gasteiger partial charge < -0.3 is 10.2 Å². The van der Waals surface area contributed by atoms with E-state index in [2.05, 4.69) is 4.98 Å². The van der Waals surface area contributed by atoms with Crippen LogP contribution in [0.5, 0.6) is 5.75 Å². The zero-order chi connectivity index (χ0) is 18.7. The van der Waals surface area contributed by atoms with Crippen molar-refractivity contribution in [3.63, 3.8) is 0 Å². The Morgan fingerprint density at radius 1 is 1.36 bits per heavy atom. The highest BCUT2D eigenvalue weighted by Gasteiger charge is 2.15. The minimum Gasteiger partial charge on any atom is -0.506 e. The first-order chi connectivity index (χ1) is 11.8. The molecular formula is C16H12N2O4. The molecule has 0 saturated carbocycles. The molecule has 1 heterocycles. The number of carbonyl (C=O) groups is 2. The molecule has 110 valence electrons. The van der Waals surface area contributed by atoms with E-state index < -0.39 is 23.9 Å². The number of hydrogen-bond acceptors (Lipinski definition) is 5. The van der Waals surface area contributed by atoms with Crippen molar-refractivity contribution in [2.45, 2.75) is 12.8 Å². The van der Waals surface area contributed by atoms with E-state index in [0.29, 0.717) is 0 Å². The number of aliphatic carboxylic acids is 1. The van der Waals surface area contributed by atoms with E-state index in [9.17, 15) is 14.7 Å². The van der Waals surface area contributed by atoms with Gasteiger partial charge in [-0.2, -0.15) is 5.26 Å². The molecule has 6 nitrogen and oxygen atoms in total. The van der Waals surface area contributed by atoms with Crippen molar-refractivity contribution in [3.05, 3.63) is 47.7 Å². The van der Waals surface area contributed by atoms with Crippen molar-refractivity contribution in [3.8, 4) is 22.9 Å². The molecule has 2 aromatic rings. The molecule has 0 spiro atoms. The summed E-state index contributed by atoms with van der Waals surface area (Å²) < 4.78 is 23.3. The van der Waals surface area contributed by atoms with Gasteiger partial charge in [0.25, 0.3) is 0 Å². The van der Waals surface area contributed by atoms with E-state index >= 15 is 0 Å². The van der Waals surface area contributed by atoms with Crippen molar-refractivity contribution in [1.29, 1.82) is 5.26 Å². The molecule has 0 atom stereocenters. The maximum atomic E-state index is 11.9. The normalized spacial score (nSPS) is 11.9. The largest absolute Gasteiger partial charge is 0.506 e. The zero-order valence-electron chi connectivity index (χ0n) is 14.3. The highest BCUT2D eigenvalue weighted by atomic mass is 16.4. The van der Waals surface area contributed by atoms with E-state index in [1.807, 2.05) is 0 Å². The quantitative estimate of drug-likeness (QED) is 0.820. The summed E-state index contributed by atoms with van der Waals surface area (Å²) in [5, 5.41) is 27.6. The molecular weight excluding hydrogens is 284 g/mol. The molecule has 0 fully saturated rings. The summed E-state index contributed by atoms with van der Waals surface area (Å²) in [6.07, 6.45) is 0.477. The molecule has 0 aliphatic heterocycles. The molecule has 0 unspecified atom stereocenters. The highest BCUT2D eigenvalue weighted by Crippen LogP contribution is 2.26. The standard InChI is InChI=1S/C16H12N2O4/c17-8-10-2-1-3-11(6-10)12-7-14(20)16(18-9-12)13(19)4-5-15(21)22/h1-3,6-7,9,20H,4-5H2,(H,21,22)/i1D,2D,6D. The van der Waals surface area contributed by atoms with E-state index in [-0.39, 0.29) is 46.9 Å². The van der Waals surface area contributed by atoms with Crippen LogP contribution in [0.25, 0.3) is 11.1 Å². The fourth-order valence-electron chi connectivity index (χ4n) is 1.75. The van der Waals surface area contributed by atoms with E-state index in [1.54, 1.807) is 6.07 Å². The van der Waals surface area contributed by atoms with Crippen LogP contribution in [0.2, 0.25) is 0 Å². The predicted molar refractivity (Wildman–Crippen MR) is 77.3 cm³/mol. The lowest BCUT2D eigenvalue weighted by Gasteiger charge is -2.06. The fraction of sp³-hybridized carbons (Fsp3) is 0.125. The van der Waals surface area contributed by atoms with Gasteiger partial charge in [-0.05, 0) is 23.7 Å². The number of carboxylic acid groups (broad SMARTS) is 1. The smallest absolute Gasteiger partial charge is 0.303 e. The molecule has 2 N–H and O–H groups in total. The van der Waals surface area contributed by atoms with Gasteiger partial charge in [0.15, 0.2) is 5.78 Å². The lowest BCUT2D eigenvalue weighted by Crippen LogP contribution is -2.06. The van der Waals surface area contributed by atoms with Crippen LogP contribution in [0, 0.1) is 11.3 Å². The number of benzene rings is 1. The van der Waals surface area contributed by atoms with Crippen LogP contribution in [0.4, 0.5) is 0 Å². The van der Waals surface area contributed by atoms with Crippen molar-refractivity contribution < 1.29 is 23.9 Å². The van der Waals surface area contributed by atoms with Crippen LogP contribution in [0.15, 0.2) is 36.5 Å². The molecule has 0 amide bonds. The molecule has 1 aromatic heterocycles. The number of carboxylic acids is 1. The number of aromatic nitrogens is 1. The number of pyridine rings is 1. The third-order valence-corrected chi connectivity index (χ3v) is 2.79. The second-order valence-electron chi connectivity index (χ2n) is 4.35. The Bertz CT molecular complexity index is 923. The van der Waals surface area contributed by atoms with Crippen molar-refractivity contribution in [2.24, 2.45) is 0 Å². The summed E-state index contributed by atoms with van der Waals surface area (Å²) >= 11 is 0. The van der Waals surface area contributed by atoms with Gasteiger partial charge in [0.1, 0.15) is 11.4 Å². The number of rotatable bonds is 5. The Labute approximate surface area is 130 Å². The van der Waals surface area contributed by atoms with Crippen LogP contribution < -0.4 is 0 Å². The summed E-state index contributed by atoms with van der Waals surface area (Å²) in [7, 11) is 0. The Morgan fingerprint density at radius 2 is 2.14 bits per heavy atom. The maximum absolute atomic E-state index is 11.9. The van der Waals surface area contributed by atoms with Crippen LogP contribution in [0.3, 0.4) is 0 Å². The molecule has 0 saturated heterocycles. The summed E-state index contributed by atoms with van der Waals surface area (Å²) in [4.78, 5) is 26.2. The Hall–Kier alpha value is -3.20. The van der Waals surface area contributed by atoms with Gasteiger partial charge in [-0.15, -0.1) is 0 Å². The van der Waals surface area contributed by atoms with Gasteiger partial charge in [-0.1, -0.05) is 12.1 Å². The number of nitriles is 1. The van der Waals surface area contributed by atoms with Crippen molar-refractivity contribution in [2.75, 3.05) is 0 Å². The molecule has 0 radical (unpaired) electrons. The summed E-state index contributed by atoms with van der Waals surface area (Å²) in [5.41, 5.74) is -0.254. The van der Waals surface area contributed by atoms with Crippen LogP contribution in [0.1, 0.15) is 33.0 Å². The third-order valence-electron chi connectivity index (χ3n) is 2.79. The minimum atomic E-state index is -1.15. The van der Waals surface area contributed by atoms with Crippen LogP contribution in [-0.4, -0.2) is 26.9 Å². The maximum Gasteiger partial charge on any atom is 0.303 e. The first kappa shape index (κ1) is 11.5. The van der Waals surface area contributed by atoms with E-state index in [1.165, 1.54) is 12.3 Å². The molecule has 6 heteroatoms. The molecule has 0 bridgehead atoms. The van der Waals surface area contributed by atoms with E-state index in [4.69, 9.17) is 14.5 Å².